The van der Waals surface area contributed by atoms with Crippen LogP contribution in [0.1, 0.15) is 17.5 Å². The summed E-state index contributed by atoms with van der Waals surface area (Å²) in [4.78, 5) is 10.1. The Morgan fingerprint density at radius 3 is 2.63 bits per heavy atom. The minimum Gasteiger partial charge on any atom is -0.370 e. The number of hydrogen-bond donors (Lipinski definition) is 0. The predicted molar refractivity (Wildman–Crippen MR) is 120 cm³/mol. The average Bonchev–Trinajstić information content (AvgIpc) is 3.38. The van der Waals surface area contributed by atoms with Crippen LogP contribution in [0.3, 0.4) is 0 Å². The molecule has 3 aliphatic rings. The molecule has 154 valence electrons. The fourth-order valence-electron chi connectivity index (χ4n) is 5.09. The molecule has 3 heterocycles. The van der Waals surface area contributed by atoms with Crippen LogP contribution in [0.15, 0.2) is 53.4 Å². The second-order valence-corrected chi connectivity index (χ2v) is 11.1. The Hall–Kier alpha value is -2.60. The lowest BCUT2D eigenvalue weighted by Gasteiger charge is -2.27. The third-order valence-corrected chi connectivity index (χ3v) is 8.66. The van der Waals surface area contributed by atoms with Crippen LogP contribution < -0.4 is 9.80 Å². The molecule has 1 aliphatic carbocycles. The molecule has 0 N–H and O–H groups in total. The molecule has 1 aromatic heterocycles. The number of anilines is 2. The molecule has 5 nitrogen and oxygen atoms in total. The summed E-state index contributed by atoms with van der Waals surface area (Å²) in [5.74, 6) is 2.67. The molecular weight excluding hydrogens is 394 g/mol. The predicted octanol–water partition coefficient (Wildman–Crippen LogP) is 3.79. The van der Waals surface area contributed by atoms with Gasteiger partial charge < -0.3 is 9.80 Å². The molecule has 0 spiro atoms. The number of sulfone groups is 1. The first-order chi connectivity index (χ1) is 14.5. The van der Waals surface area contributed by atoms with Crippen LogP contribution in [-0.2, 0) is 16.4 Å². The average molecular weight is 420 g/mol. The summed E-state index contributed by atoms with van der Waals surface area (Å²) in [5.41, 5.74) is 4.31. The zero-order valence-electron chi connectivity index (χ0n) is 17.1. The largest absolute Gasteiger partial charge is 0.370 e. The summed E-state index contributed by atoms with van der Waals surface area (Å²) >= 11 is 0. The van der Waals surface area contributed by atoms with Gasteiger partial charge in [-0.15, -0.1) is 0 Å². The summed E-state index contributed by atoms with van der Waals surface area (Å²) in [6, 6.07) is 16.0. The number of aromatic nitrogens is 1. The van der Waals surface area contributed by atoms with Gasteiger partial charge in [-0.2, -0.15) is 0 Å². The van der Waals surface area contributed by atoms with Crippen molar-refractivity contribution in [1.82, 2.24) is 4.98 Å². The molecule has 0 amide bonds. The lowest BCUT2D eigenvalue weighted by Crippen LogP contribution is -2.28. The first-order valence-corrected chi connectivity index (χ1v) is 12.4. The van der Waals surface area contributed by atoms with Gasteiger partial charge in [0.15, 0.2) is 9.84 Å². The number of hydrogen-bond acceptors (Lipinski definition) is 5. The summed E-state index contributed by atoms with van der Waals surface area (Å²) in [7, 11) is -3.27. The van der Waals surface area contributed by atoms with E-state index in [1.54, 1.807) is 12.1 Å². The standard InChI is InChI=1S/C24H25N3O2S/c1-16-6-7-21-20(10-16)22(27-14-18-11-19(18)15-27)12-24(25-21)26-8-9-30(28,29)23-5-3-2-4-17(23)13-26/h2-7,10,12,18-19H,8-9,11,13-15H2,1H3. The van der Waals surface area contributed by atoms with Crippen LogP contribution in [-0.4, -0.2) is 38.8 Å². The first kappa shape index (κ1) is 18.2. The van der Waals surface area contributed by atoms with Crippen molar-refractivity contribution in [1.29, 1.82) is 0 Å². The van der Waals surface area contributed by atoms with Crippen molar-refractivity contribution in [3.05, 3.63) is 59.7 Å². The van der Waals surface area contributed by atoms with Gasteiger partial charge >= 0.3 is 0 Å². The Kier molecular flexibility index (Phi) is 3.91. The normalized spacial score (nSPS) is 24.4. The van der Waals surface area contributed by atoms with Crippen molar-refractivity contribution in [3.63, 3.8) is 0 Å². The second kappa shape index (κ2) is 6.45. The van der Waals surface area contributed by atoms with Gasteiger partial charge in [0.25, 0.3) is 0 Å². The summed E-state index contributed by atoms with van der Waals surface area (Å²) in [6.45, 7) is 5.37. The highest BCUT2D eigenvalue weighted by molar-refractivity contribution is 7.91. The highest BCUT2D eigenvalue weighted by Gasteiger charge is 2.45. The lowest BCUT2D eigenvalue weighted by molar-refractivity contribution is 0.596. The zero-order chi connectivity index (χ0) is 20.5. The molecule has 2 fully saturated rings. The molecule has 6 heteroatoms. The van der Waals surface area contributed by atoms with Gasteiger partial charge in [-0.1, -0.05) is 29.8 Å². The zero-order valence-corrected chi connectivity index (χ0v) is 17.9. The van der Waals surface area contributed by atoms with Gasteiger partial charge in [0, 0.05) is 43.3 Å². The number of fused-ring (bicyclic) bond motifs is 3. The molecule has 2 atom stereocenters. The quantitative estimate of drug-likeness (QED) is 0.633. The molecule has 3 aromatic rings. The van der Waals surface area contributed by atoms with Crippen LogP contribution in [0, 0.1) is 18.8 Å². The Labute approximate surface area is 177 Å². The number of pyridine rings is 1. The molecule has 0 radical (unpaired) electrons. The van der Waals surface area contributed by atoms with Gasteiger partial charge in [-0.05, 0) is 48.9 Å². The topological polar surface area (TPSA) is 53.5 Å². The molecule has 2 aromatic carbocycles. The van der Waals surface area contributed by atoms with E-state index in [0.717, 1.165) is 41.8 Å². The minimum absolute atomic E-state index is 0.112. The van der Waals surface area contributed by atoms with E-state index in [-0.39, 0.29) is 5.75 Å². The van der Waals surface area contributed by atoms with Crippen LogP contribution >= 0.6 is 0 Å². The SMILES string of the molecule is Cc1ccc2nc(N3CCS(=O)(=O)c4ccccc4C3)cc(N3CC4CC4C3)c2c1. The fourth-order valence-corrected chi connectivity index (χ4v) is 6.58. The van der Waals surface area contributed by atoms with E-state index >= 15 is 0 Å². The minimum atomic E-state index is -3.27. The van der Waals surface area contributed by atoms with Crippen molar-refractivity contribution in [2.24, 2.45) is 11.8 Å². The number of benzene rings is 2. The highest BCUT2D eigenvalue weighted by Crippen LogP contribution is 2.47. The van der Waals surface area contributed by atoms with Crippen LogP contribution in [0.4, 0.5) is 11.5 Å². The van der Waals surface area contributed by atoms with E-state index in [1.165, 1.54) is 23.1 Å². The summed E-state index contributed by atoms with van der Waals surface area (Å²) < 4.78 is 25.6. The van der Waals surface area contributed by atoms with Crippen molar-refractivity contribution >= 4 is 32.2 Å². The Balaban J connectivity index is 1.46. The maximum atomic E-state index is 12.8. The van der Waals surface area contributed by atoms with Crippen LogP contribution in [0.2, 0.25) is 0 Å². The fraction of sp³-hybridized carbons (Fsp3) is 0.375. The number of piperidine rings is 1. The summed E-state index contributed by atoms with van der Waals surface area (Å²) in [6.07, 6.45) is 1.37. The van der Waals surface area contributed by atoms with E-state index in [4.69, 9.17) is 4.98 Å². The highest BCUT2D eigenvalue weighted by atomic mass is 32.2. The molecule has 1 saturated carbocycles. The van der Waals surface area contributed by atoms with Gasteiger partial charge in [0.2, 0.25) is 0 Å². The van der Waals surface area contributed by atoms with Crippen LogP contribution in [0.25, 0.3) is 10.9 Å². The van der Waals surface area contributed by atoms with Crippen molar-refractivity contribution in [2.75, 3.05) is 35.2 Å². The molecule has 2 aliphatic heterocycles. The van der Waals surface area contributed by atoms with Gasteiger partial charge in [-0.25, -0.2) is 13.4 Å². The van der Waals surface area contributed by atoms with E-state index < -0.39 is 9.84 Å². The Bertz CT molecular complexity index is 1260. The van der Waals surface area contributed by atoms with Crippen molar-refractivity contribution in [2.45, 2.75) is 24.8 Å². The second-order valence-electron chi connectivity index (χ2n) is 9.03. The first-order valence-electron chi connectivity index (χ1n) is 10.7. The molecular formula is C24H25N3O2S. The molecule has 30 heavy (non-hydrogen) atoms. The smallest absolute Gasteiger partial charge is 0.180 e. The van der Waals surface area contributed by atoms with Crippen LogP contribution in [0.5, 0.6) is 0 Å². The molecule has 2 unspecified atom stereocenters. The van der Waals surface area contributed by atoms with Crippen molar-refractivity contribution < 1.29 is 8.42 Å². The van der Waals surface area contributed by atoms with Gasteiger partial charge in [-0.3, -0.25) is 0 Å². The maximum absolute atomic E-state index is 12.8. The lowest BCUT2D eigenvalue weighted by atomic mass is 10.1. The maximum Gasteiger partial charge on any atom is 0.180 e. The van der Waals surface area contributed by atoms with E-state index in [9.17, 15) is 8.42 Å². The van der Waals surface area contributed by atoms with Gasteiger partial charge in [0.05, 0.1) is 16.2 Å². The third-order valence-electron chi connectivity index (χ3n) is 6.87. The molecule has 0 bridgehead atoms. The monoisotopic (exact) mass is 419 g/mol. The molecule has 1 saturated heterocycles. The van der Waals surface area contributed by atoms with E-state index in [0.29, 0.717) is 18.0 Å². The summed E-state index contributed by atoms with van der Waals surface area (Å²) in [5, 5.41) is 1.20. The number of rotatable bonds is 2. The number of aryl methyl sites for hydroxylation is 1. The van der Waals surface area contributed by atoms with Crippen molar-refractivity contribution in [3.8, 4) is 0 Å². The Morgan fingerprint density at radius 1 is 1.00 bits per heavy atom. The van der Waals surface area contributed by atoms with E-state index in [1.807, 2.05) is 12.1 Å². The van der Waals surface area contributed by atoms with Gasteiger partial charge in [0.1, 0.15) is 5.82 Å². The number of nitrogens with zero attached hydrogens (tertiary/aromatic N) is 3. The Morgan fingerprint density at radius 2 is 1.80 bits per heavy atom. The van der Waals surface area contributed by atoms with E-state index in [2.05, 4.69) is 41.0 Å². The third kappa shape index (κ3) is 2.97. The molecule has 6 rings (SSSR count).